The Hall–Kier alpha value is -3.60. The van der Waals surface area contributed by atoms with Crippen molar-refractivity contribution in [2.75, 3.05) is 18.0 Å². The van der Waals surface area contributed by atoms with E-state index in [9.17, 15) is 9.59 Å². The van der Waals surface area contributed by atoms with Gasteiger partial charge in [-0.15, -0.1) is 0 Å². The van der Waals surface area contributed by atoms with E-state index in [2.05, 4.69) is 35.2 Å². The number of carbonyl (C=O) groups excluding carboxylic acids is 2. The summed E-state index contributed by atoms with van der Waals surface area (Å²) in [4.78, 5) is 28.5. The van der Waals surface area contributed by atoms with Gasteiger partial charge in [0.15, 0.2) is 0 Å². The highest BCUT2D eigenvalue weighted by atomic mass is 16.6. The van der Waals surface area contributed by atoms with Crippen LogP contribution < -0.4 is 4.90 Å². The summed E-state index contributed by atoms with van der Waals surface area (Å²) in [5.41, 5.74) is 2.34. The van der Waals surface area contributed by atoms with Crippen molar-refractivity contribution < 1.29 is 19.1 Å². The Morgan fingerprint density at radius 3 is 1.38 bits per heavy atom. The van der Waals surface area contributed by atoms with E-state index in [1.54, 1.807) is 24.3 Å². The molecule has 1 heterocycles. The van der Waals surface area contributed by atoms with Crippen LogP contribution >= 0.6 is 0 Å². The Morgan fingerprint density at radius 2 is 0.946 bits per heavy atom. The van der Waals surface area contributed by atoms with Crippen molar-refractivity contribution in [2.24, 2.45) is 23.7 Å². The van der Waals surface area contributed by atoms with Crippen molar-refractivity contribution in [1.82, 2.24) is 0 Å². The maximum atomic E-state index is 13.0. The Labute approximate surface area is 218 Å². The minimum atomic E-state index is -0.440. The largest absolute Gasteiger partial charge is 0.455 e. The Kier molecular flexibility index (Phi) is 6.69. The zero-order chi connectivity index (χ0) is 25.2. The molecule has 6 unspecified atom stereocenters. The quantitative estimate of drug-likeness (QED) is 0.406. The molecule has 0 aromatic heterocycles. The van der Waals surface area contributed by atoms with Gasteiger partial charge in [0, 0.05) is 18.8 Å². The van der Waals surface area contributed by atoms with Crippen LogP contribution in [0.4, 0.5) is 5.69 Å². The third-order valence-electron chi connectivity index (χ3n) is 8.60. The molecule has 1 aliphatic heterocycles. The Bertz CT molecular complexity index is 1140. The molecule has 3 aromatic carbocycles. The fraction of sp³-hybridized carbons (Fsp3) is 0.375. The summed E-state index contributed by atoms with van der Waals surface area (Å²) in [5, 5.41) is 0. The normalized spacial score (nSPS) is 28.6. The highest BCUT2D eigenvalue weighted by Gasteiger charge is 2.48. The van der Waals surface area contributed by atoms with E-state index in [1.807, 2.05) is 36.4 Å². The minimum absolute atomic E-state index is 0.352. The summed E-state index contributed by atoms with van der Waals surface area (Å²) in [6.07, 6.45) is 2.87. The molecule has 0 amide bonds. The van der Waals surface area contributed by atoms with Crippen LogP contribution in [-0.4, -0.2) is 37.2 Å². The lowest BCUT2D eigenvalue weighted by atomic mass is 9.63. The predicted molar refractivity (Wildman–Crippen MR) is 142 cm³/mol. The van der Waals surface area contributed by atoms with E-state index >= 15 is 0 Å². The lowest BCUT2D eigenvalue weighted by Crippen LogP contribution is -2.47. The number of esters is 2. The van der Waals surface area contributed by atoms with Crippen LogP contribution in [0.25, 0.3) is 0 Å². The number of rotatable bonds is 5. The fourth-order valence-electron chi connectivity index (χ4n) is 6.77. The molecule has 1 saturated heterocycles. The van der Waals surface area contributed by atoms with Crippen LogP contribution in [0.15, 0.2) is 91.0 Å². The number of hydrogen-bond donors (Lipinski definition) is 0. The second-order valence-electron chi connectivity index (χ2n) is 10.8. The van der Waals surface area contributed by atoms with Crippen LogP contribution in [0.5, 0.6) is 0 Å². The number of ether oxygens (including phenoxy) is 2. The van der Waals surface area contributed by atoms with Gasteiger partial charge in [0.05, 0.1) is 11.1 Å². The van der Waals surface area contributed by atoms with Crippen LogP contribution in [0.1, 0.15) is 46.4 Å². The topological polar surface area (TPSA) is 55.8 Å². The van der Waals surface area contributed by atoms with E-state index in [0.29, 0.717) is 34.8 Å². The van der Waals surface area contributed by atoms with Gasteiger partial charge in [0.25, 0.3) is 0 Å². The number of carbonyl (C=O) groups is 2. The first-order valence-corrected chi connectivity index (χ1v) is 13.5. The van der Waals surface area contributed by atoms with E-state index < -0.39 is 12.2 Å². The number of hydrogen-bond acceptors (Lipinski definition) is 5. The van der Waals surface area contributed by atoms with Gasteiger partial charge in [-0.1, -0.05) is 54.6 Å². The molecule has 3 aromatic rings. The molecule has 0 radical (unpaired) electrons. The summed E-state index contributed by atoms with van der Waals surface area (Å²) in [6.45, 7) is 2.16. The van der Waals surface area contributed by atoms with E-state index in [-0.39, 0.29) is 11.9 Å². The molecule has 5 heteroatoms. The highest BCUT2D eigenvalue weighted by Crippen LogP contribution is 2.49. The second kappa shape index (κ2) is 10.4. The maximum absolute atomic E-state index is 13.0. The van der Waals surface area contributed by atoms with E-state index in [1.165, 1.54) is 5.69 Å². The second-order valence-corrected chi connectivity index (χ2v) is 10.8. The van der Waals surface area contributed by atoms with Gasteiger partial charge in [-0.2, -0.15) is 0 Å². The molecular weight excluding hydrogens is 462 g/mol. The highest BCUT2D eigenvalue weighted by molar-refractivity contribution is 5.90. The number of nitrogens with zero attached hydrogens (tertiary/aromatic N) is 1. The van der Waals surface area contributed by atoms with Gasteiger partial charge >= 0.3 is 11.9 Å². The third-order valence-corrected chi connectivity index (χ3v) is 8.60. The van der Waals surface area contributed by atoms with Crippen molar-refractivity contribution in [3.8, 4) is 0 Å². The number of anilines is 1. The molecule has 5 nitrogen and oxygen atoms in total. The lowest BCUT2D eigenvalue weighted by molar-refractivity contribution is -0.0871. The summed E-state index contributed by atoms with van der Waals surface area (Å²) in [7, 11) is 0. The summed E-state index contributed by atoms with van der Waals surface area (Å²) < 4.78 is 12.1. The first-order valence-electron chi connectivity index (χ1n) is 13.5. The average Bonchev–Trinajstić information content (AvgIpc) is 3.36. The maximum Gasteiger partial charge on any atom is 0.338 e. The predicted octanol–water partition coefficient (Wildman–Crippen LogP) is 6.01. The standard InChI is InChI=1S/C32H33NO4/c34-31(22-10-4-1-5-11-22)36-29-18-24-16-26-20-33(28-14-8-3-9-15-28)21-27(26)17-25(24)19-30(29)37-32(35)23-12-6-2-7-13-23/h1-15,24-27,29-30H,16-21H2. The van der Waals surface area contributed by atoms with Crippen molar-refractivity contribution in [3.05, 3.63) is 102 Å². The molecule has 190 valence electrons. The van der Waals surface area contributed by atoms with Gasteiger partial charge in [-0.25, -0.2) is 9.59 Å². The summed E-state index contributed by atoms with van der Waals surface area (Å²) >= 11 is 0. The molecular formula is C32H33NO4. The first kappa shape index (κ1) is 23.8. The zero-order valence-electron chi connectivity index (χ0n) is 20.9. The SMILES string of the molecule is O=C(OC1CC2CC3CN(c4ccccc4)CC3CC2CC1OC(=O)c1ccccc1)c1ccccc1. The fourth-order valence-corrected chi connectivity index (χ4v) is 6.77. The zero-order valence-corrected chi connectivity index (χ0v) is 20.9. The molecule has 3 fully saturated rings. The van der Waals surface area contributed by atoms with Crippen LogP contribution in [-0.2, 0) is 9.47 Å². The van der Waals surface area contributed by atoms with Gasteiger partial charge in [0.2, 0.25) is 0 Å². The molecule has 0 spiro atoms. The van der Waals surface area contributed by atoms with E-state index in [4.69, 9.17) is 9.47 Å². The first-order chi connectivity index (χ1) is 18.1. The lowest BCUT2D eigenvalue weighted by Gasteiger charge is -2.45. The number of benzene rings is 3. The molecule has 0 bridgehead atoms. The van der Waals surface area contributed by atoms with Crippen molar-refractivity contribution in [3.63, 3.8) is 0 Å². The van der Waals surface area contributed by atoms with Crippen LogP contribution in [0.3, 0.4) is 0 Å². The smallest absolute Gasteiger partial charge is 0.338 e. The summed E-state index contributed by atoms with van der Waals surface area (Å²) in [6, 6.07) is 28.8. The van der Waals surface area contributed by atoms with Crippen molar-refractivity contribution >= 4 is 17.6 Å². The van der Waals surface area contributed by atoms with Gasteiger partial charge < -0.3 is 14.4 Å². The molecule has 6 atom stereocenters. The number of para-hydroxylation sites is 1. The monoisotopic (exact) mass is 495 g/mol. The molecule has 37 heavy (non-hydrogen) atoms. The third kappa shape index (κ3) is 5.13. The van der Waals surface area contributed by atoms with Gasteiger partial charge in [-0.3, -0.25) is 0 Å². The average molecular weight is 496 g/mol. The van der Waals surface area contributed by atoms with Gasteiger partial charge in [-0.05, 0) is 85.8 Å². The molecule has 0 N–H and O–H groups in total. The number of fused-ring (bicyclic) bond motifs is 2. The van der Waals surface area contributed by atoms with Gasteiger partial charge in [0.1, 0.15) is 12.2 Å². The molecule has 2 aliphatic carbocycles. The molecule has 2 saturated carbocycles. The molecule has 6 rings (SSSR count). The van der Waals surface area contributed by atoms with E-state index in [0.717, 1.165) is 38.8 Å². The van der Waals surface area contributed by atoms with Crippen LogP contribution in [0, 0.1) is 23.7 Å². The Balaban J connectivity index is 1.19. The minimum Gasteiger partial charge on any atom is -0.455 e. The van der Waals surface area contributed by atoms with Crippen LogP contribution in [0.2, 0.25) is 0 Å². The van der Waals surface area contributed by atoms with Crippen molar-refractivity contribution in [1.29, 1.82) is 0 Å². The summed E-state index contributed by atoms with van der Waals surface area (Å²) in [5.74, 6) is 1.53. The van der Waals surface area contributed by atoms with Crippen molar-refractivity contribution in [2.45, 2.75) is 37.9 Å². The Morgan fingerprint density at radius 1 is 0.541 bits per heavy atom. The molecule has 3 aliphatic rings.